The number of carboxylic acids is 1. The number of hydrogen-bond donors (Lipinski definition) is 3. The Morgan fingerprint density at radius 3 is 2.69 bits per heavy atom. The Labute approximate surface area is 75.5 Å². The van der Waals surface area contributed by atoms with Crippen LogP contribution in [0.3, 0.4) is 0 Å². The van der Waals surface area contributed by atoms with Gasteiger partial charge in [-0.15, -0.1) is 0 Å². The summed E-state index contributed by atoms with van der Waals surface area (Å²) < 4.78 is 0. The molecule has 0 rings (SSSR count). The maximum Gasteiger partial charge on any atom is 0.320 e. The molecule has 0 aliphatic heterocycles. The molecule has 1 amide bonds. The smallest absolute Gasteiger partial charge is 0.320 e. The van der Waals surface area contributed by atoms with Crippen LogP contribution in [0, 0.1) is 11.3 Å². The fourth-order valence-corrected chi connectivity index (χ4v) is 0.534. The maximum absolute atomic E-state index is 10.8. The van der Waals surface area contributed by atoms with E-state index in [4.69, 9.17) is 10.4 Å². The number of carbonyl (C=O) groups is 2. The van der Waals surface area contributed by atoms with Crippen molar-refractivity contribution in [2.75, 3.05) is 13.1 Å². The van der Waals surface area contributed by atoms with Crippen LogP contribution < -0.4 is 10.6 Å². The molecular formula is C7H11N3O3. The zero-order chi connectivity index (χ0) is 10.3. The number of rotatable bonds is 5. The van der Waals surface area contributed by atoms with Crippen molar-refractivity contribution in [1.82, 2.24) is 10.6 Å². The van der Waals surface area contributed by atoms with Gasteiger partial charge in [-0.3, -0.25) is 14.9 Å². The Balaban J connectivity index is 3.59. The van der Waals surface area contributed by atoms with Crippen LogP contribution in [0.5, 0.6) is 0 Å². The molecule has 3 N–H and O–H groups in total. The molecule has 6 nitrogen and oxygen atoms in total. The molecule has 0 aromatic carbocycles. The molecule has 0 aromatic rings. The molecule has 0 saturated heterocycles. The van der Waals surface area contributed by atoms with Crippen LogP contribution in [0.15, 0.2) is 0 Å². The van der Waals surface area contributed by atoms with Crippen LogP contribution in [0.2, 0.25) is 0 Å². The summed E-state index contributed by atoms with van der Waals surface area (Å²) in [4.78, 5) is 21.1. The van der Waals surface area contributed by atoms with Gasteiger partial charge < -0.3 is 10.4 Å². The van der Waals surface area contributed by atoms with E-state index in [-0.39, 0.29) is 13.1 Å². The number of carbonyl (C=O) groups excluding carboxylic acids is 1. The van der Waals surface area contributed by atoms with Gasteiger partial charge in [0.1, 0.15) is 12.6 Å². The van der Waals surface area contributed by atoms with Crippen molar-refractivity contribution in [3.05, 3.63) is 0 Å². The summed E-state index contributed by atoms with van der Waals surface area (Å²) in [5.74, 6) is -1.41. The third kappa shape index (κ3) is 5.64. The monoisotopic (exact) mass is 185 g/mol. The lowest BCUT2D eigenvalue weighted by Gasteiger charge is -2.07. The molecule has 0 radical (unpaired) electrons. The topological polar surface area (TPSA) is 102 Å². The Morgan fingerprint density at radius 2 is 2.23 bits per heavy atom. The van der Waals surface area contributed by atoms with Gasteiger partial charge in [0.05, 0.1) is 12.6 Å². The zero-order valence-electron chi connectivity index (χ0n) is 7.20. The Morgan fingerprint density at radius 1 is 1.62 bits per heavy atom. The molecule has 13 heavy (non-hydrogen) atoms. The average Bonchev–Trinajstić information content (AvgIpc) is 2.10. The van der Waals surface area contributed by atoms with E-state index in [2.05, 4.69) is 10.6 Å². The molecule has 6 heteroatoms. The van der Waals surface area contributed by atoms with Crippen LogP contribution in [0.25, 0.3) is 0 Å². The van der Waals surface area contributed by atoms with E-state index in [1.54, 1.807) is 6.07 Å². The third-order valence-electron chi connectivity index (χ3n) is 1.30. The first-order chi connectivity index (χ1) is 6.07. The molecule has 0 saturated carbocycles. The van der Waals surface area contributed by atoms with Gasteiger partial charge in [-0.2, -0.15) is 5.26 Å². The number of carboxylic acid groups (broad SMARTS) is 1. The van der Waals surface area contributed by atoms with E-state index in [1.165, 1.54) is 6.92 Å². The van der Waals surface area contributed by atoms with E-state index in [0.29, 0.717) is 0 Å². The summed E-state index contributed by atoms with van der Waals surface area (Å²) in [6.07, 6.45) is 0. The molecule has 1 atom stereocenters. The fourth-order valence-electron chi connectivity index (χ4n) is 0.534. The largest absolute Gasteiger partial charge is 0.480 e. The summed E-state index contributed by atoms with van der Waals surface area (Å²) in [6.45, 7) is 1.26. The summed E-state index contributed by atoms with van der Waals surface area (Å²) in [7, 11) is 0. The minimum absolute atomic E-state index is 0.0675. The molecule has 0 fully saturated rings. The fraction of sp³-hybridized carbons (Fsp3) is 0.571. The van der Waals surface area contributed by atoms with Gasteiger partial charge >= 0.3 is 5.97 Å². The van der Waals surface area contributed by atoms with Crippen LogP contribution in [0.4, 0.5) is 0 Å². The van der Waals surface area contributed by atoms with Crippen LogP contribution >= 0.6 is 0 Å². The molecule has 0 aliphatic rings. The Hall–Kier alpha value is -1.61. The number of hydrogen-bond acceptors (Lipinski definition) is 4. The molecule has 0 bridgehead atoms. The minimum Gasteiger partial charge on any atom is -0.480 e. The maximum atomic E-state index is 10.8. The number of nitriles is 1. The summed E-state index contributed by atoms with van der Waals surface area (Å²) >= 11 is 0. The first-order valence-electron chi connectivity index (χ1n) is 3.67. The number of nitrogens with one attached hydrogen (secondary N) is 2. The van der Waals surface area contributed by atoms with E-state index in [9.17, 15) is 9.59 Å². The Kier molecular flexibility index (Phi) is 5.23. The predicted molar refractivity (Wildman–Crippen MR) is 43.7 cm³/mol. The van der Waals surface area contributed by atoms with E-state index < -0.39 is 17.9 Å². The second kappa shape index (κ2) is 5.97. The van der Waals surface area contributed by atoms with Crippen molar-refractivity contribution in [2.24, 2.45) is 0 Å². The van der Waals surface area contributed by atoms with Crippen LogP contribution in [0.1, 0.15) is 6.92 Å². The SMILES string of the molecule is C[C@H](NCC(=O)NCC#N)C(=O)O. The third-order valence-corrected chi connectivity index (χ3v) is 1.30. The molecular weight excluding hydrogens is 174 g/mol. The lowest BCUT2D eigenvalue weighted by Crippen LogP contribution is -2.41. The van der Waals surface area contributed by atoms with Crippen molar-refractivity contribution in [2.45, 2.75) is 13.0 Å². The van der Waals surface area contributed by atoms with Crippen LogP contribution in [-0.4, -0.2) is 36.1 Å². The zero-order valence-corrected chi connectivity index (χ0v) is 7.20. The molecule has 0 aliphatic carbocycles. The van der Waals surface area contributed by atoms with Crippen LogP contribution in [-0.2, 0) is 9.59 Å². The first-order valence-corrected chi connectivity index (χ1v) is 3.67. The van der Waals surface area contributed by atoms with Gasteiger partial charge in [0.15, 0.2) is 0 Å². The highest BCUT2D eigenvalue weighted by molar-refractivity contribution is 5.79. The summed E-state index contributed by atoms with van der Waals surface area (Å²) in [5.41, 5.74) is 0. The van der Waals surface area contributed by atoms with Crippen molar-refractivity contribution < 1.29 is 14.7 Å². The van der Waals surface area contributed by atoms with Crippen molar-refractivity contribution in [1.29, 1.82) is 5.26 Å². The second-order valence-corrected chi connectivity index (χ2v) is 2.38. The molecule has 0 spiro atoms. The highest BCUT2D eigenvalue weighted by atomic mass is 16.4. The molecule has 0 aromatic heterocycles. The molecule has 0 heterocycles. The summed E-state index contributed by atoms with van der Waals surface area (Å²) in [6, 6.07) is 0.962. The van der Waals surface area contributed by atoms with Crippen molar-refractivity contribution >= 4 is 11.9 Å². The quantitative estimate of drug-likeness (QED) is 0.461. The minimum atomic E-state index is -1.02. The van der Waals surface area contributed by atoms with Crippen molar-refractivity contribution in [3.63, 3.8) is 0 Å². The van der Waals surface area contributed by atoms with Gasteiger partial charge in [-0.05, 0) is 6.92 Å². The van der Waals surface area contributed by atoms with Gasteiger partial charge in [-0.1, -0.05) is 0 Å². The highest BCUT2D eigenvalue weighted by Gasteiger charge is 2.10. The number of amides is 1. The van der Waals surface area contributed by atoms with E-state index in [0.717, 1.165) is 0 Å². The lowest BCUT2D eigenvalue weighted by atomic mass is 10.3. The standard InChI is InChI=1S/C7H11N3O3/c1-5(7(12)13)10-4-6(11)9-3-2-8/h5,10H,3-4H2,1H3,(H,9,11)(H,12,13)/t5-/m0/s1. The van der Waals surface area contributed by atoms with E-state index in [1.807, 2.05) is 0 Å². The summed E-state index contributed by atoms with van der Waals surface area (Å²) in [5, 5.41) is 21.3. The Bertz CT molecular complexity index is 234. The predicted octanol–water partition coefficient (Wildman–Crippen LogP) is -1.31. The van der Waals surface area contributed by atoms with Gasteiger partial charge in [-0.25, -0.2) is 0 Å². The molecule has 72 valence electrons. The highest BCUT2D eigenvalue weighted by Crippen LogP contribution is 1.79. The second-order valence-electron chi connectivity index (χ2n) is 2.38. The first kappa shape index (κ1) is 11.4. The van der Waals surface area contributed by atoms with Gasteiger partial charge in [0, 0.05) is 0 Å². The van der Waals surface area contributed by atoms with Gasteiger partial charge in [0.25, 0.3) is 0 Å². The molecule has 0 unspecified atom stereocenters. The number of aliphatic carboxylic acids is 1. The normalized spacial score (nSPS) is 11.4. The van der Waals surface area contributed by atoms with E-state index >= 15 is 0 Å². The lowest BCUT2D eigenvalue weighted by molar-refractivity contribution is -0.139. The average molecular weight is 185 g/mol. The van der Waals surface area contributed by atoms with Crippen molar-refractivity contribution in [3.8, 4) is 6.07 Å². The van der Waals surface area contributed by atoms with Gasteiger partial charge in [0.2, 0.25) is 5.91 Å². The number of nitrogens with zero attached hydrogens (tertiary/aromatic N) is 1.